The maximum absolute atomic E-state index is 12.6. The molecule has 0 aliphatic heterocycles. The van der Waals surface area contributed by atoms with Crippen LogP contribution in [0.3, 0.4) is 0 Å². The summed E-state index contributed by atoms with van der Waals surface area (Å²) in [5.41, 5.74) is 1.79. The lowest BCUT2D eigenvalue weighted by Gasteiger charge is -2.23. The number of rotatable bonds is 7. The minimum Gasteiger partial charge on any atom is -0.497 e. The predicted octanol–water partition coefficient (Wildman–Crippen LogP) is 4.20. The molecule has 3 aromatic rings. The van der Waals surface area contributed by atoms with Crippen LogP contribution in [0.25, 0.3) is 17.5 Å². The van der Waals surface area contributed by atoms with Crippen LogP contribution in [0.5, 0.6) is 5.75 Å². The van der Waals surface area contributed by atoms with Crippen LogP contribution in [-0.4, -0.2) is 34.1 Å². The van der Waals surface area contributed by atoms with E-state index in [1.807, 2.05) is 68.4 Å². The molecule has 0 bridgehead atoms. The molecule has 0 radical (unpaired) electrons. The summed E-state index contributed by atoms with van der Waals surface area (Å²) in [5, 5.41) is 4.02. The molecule has 0 N–H and O–H groups in total. The molecule has 0 atom stereocenters. The van der Waals surface area contributed by atoms with Crippen molar-refractivity contribution >= 4 is 12.0 Å². The maximum Gasteiger partial charge on any atom is 0.247 e. The number of amides is 1. The van der Waals surface area contributed by atoms with Crippen LogP contribution in [-0.2, 0) is 11.3 Å². The number of ether oxygens (including phenoxy) is 1. The summed E-state index contributed by atoms with van der Waals surface area (Å²) in [7, 11) is 1.62. The highest BCUT2D eigenvalue weighted by molar-refractivity contribution is 5.91. The normalized spacial score (nSPS) is 11.1. The van der Waals surface area contributed by atoms with E-state index in [1.165, 1.54) is 0 Å². The molecule has 0 unspecified atom stereocenters. The molecule has 0 aliphatic rings. The Balaban J connectivity index is 1.71. The first kappa shape index (κ1) is 19.4. The van der Waals surface area contributed by atoms with Crippen molar-refractivity contribution in [1.29, 1.82) is 0 Å². The van der Waals surface area contributed by atoms with Gasteiger partial charge in [-0.3, -0.25) is 4.79 Å². The largest absolute Gasteiger partial charge is 0.497 e. The summed E-state index contributed by atoms with van der Waals surface area (Å²) >= 11 is 0. The van der Waals surface area contributed by atoms with Gasteiger partial charge in [0.1, 0.15) is 12.3 Å². The number of methoxy groups -OCH3 is 1. The summed E-state index contributed by atoms with van der Waals surface area (Å²) < 4.78 is 10.5. The summed E-state index contributed by atoms with van der Waals surface area (Å²) in [6.07, 6.45) is 3.37. The molecule has 1 heterocycles. The van der Waals surface area contributed by atoms with Crippen molar-refractivity contribution in [3.8, 4) is 17.1 Å². The molecule has 28 heavy (non-hydrogen) atoms. The van der Waals surface area contributed by atoms with Gasteiger partial charge < -0.3 is 14.2 Å². The third kappa shape index (κ3) is 4.85. The Kier molecular flexibility index (Phi) is 6.22. The molecular formula is C22H23N3O3. The first-order chi connectivity index (χ1) is 13.6. The van der Waals surface area contributed by atoms with Gasteiger partial charge in [0.2, 0.25) is 17.6 Å². The number of hydrogen-bond donors (Lipinski definition) is 0. The molecule has 1 aromatic heterocycles. The van der Waals surface area contributed by atoms with Gasteiger partial charge >= 0.3 is 0 Å². The molecule has 0 fully saturated rings. The highest BCUT2D eigenvalue weighted by Crippen LogP contribution is 2.20. The highest BCUT2D eigenvalue weighted by Gasteiger charge is 2.19. The Morgan fingerprint density at radius 2 is 1.86 bits per heavy atom. The molecule has 6 heteroatoms. The van der Waals surface area contributed by atoms with Crippen molar-refractivity contribution < 1.29 is 14.1 Å². The zero-order valence-electron chi connectivity index (χ0n) is 16.2. The van der Waals surface area contributed by atoms with Crippen molar-refractivity contribution in [2.24, 2.45) is 0 Å². The Morgan fingerprint density at radius 3 is 2.50 bits per heavy atom. The fourth-order valence-corrected chi connectivity index (χ4v) is 2.66. The van der Waals surface area contributed by atoms with Gasteiger partial charge in [-0.15, -0.1) is 0 Å². The van der Waals surface area contributed by atoms with Gasteiger partial charge in [0.15, 0.2) is 0 Å². The van der Waals surface area contributed by atoms with Crippen LogP contribution < -0.4 is 4.74 Å². The second-order valence-electron chi connectivity index (χ2n) is 6.54. The van der Waals surface area contributed by atoms with Crippen molar-refractivity contribution in [2.75, 3.05) is 7.11 Å². The van der Waals surface area contributed by atoms with Crippen molar-refractivity contribution in [2.45, 2.75) is 26.4 Å². The minimum absolute atomic E-state index is 0.00994. The van der Waals surface area contributed by atoms with Gasteiger partial charge in [-0.2, -0.15) is 4.98 Å². The Morgan fingerprint density at radius 1 is 1.14 bits per heavy atom. The fourth-order valence-electron chi connectivity index (χ4n) is 2.66. The zero-order chi connectivity index (χ0) is 19.9. The Hall–Kier alpha value is -3.41. The van der Waals surface area contributed by atoms with E-state index < -0.39 is 0 Å². The summed E-state index contributed by atoms with van der Waals surface area (Å²) in [5.74, 6) is 1.52. The van der Waals surface area contributed by atoms with Crippen LogP contribution >= 0.6 is 0 Å². The Labute approximate surface area is 164 Å². The lowest BCUT2D eigenvalue weighted by molar-refractivity contribution is -0.128. The van der Waals surface area contributed by atoms with Crippen molar-refractivity contribution in [3.63, 3.8) is 0 Å². The summed E-state index contributed by atoms with van der Waals surface area (Å²) in [6.45, 7) is 4.16. The lowest BCUT2D eigenvalue weighted by atomic mass is 10.2. The van der Waals surface area contributed by atoms with E-state index in [2.05, 4.69) is 10.1 Å². The van der Waals surface area contributed by atoms with Crippen LogP contribution in [0.15, 0.2) is 65.2 Å². The van der Waals surface area contributed by atoms with Gasteiger partial charge in [0.25, 0.3) is 0 Å². The van der Waals surface area contributed by atoms with Crippen LogP contribution in [0.4, 0.5) is 0 Å². The van der Waals surface area contributed by atoms with Crippen LogP contribution in [0.2, 0.25) is 0 Å². The smallest absolute Gasteiger partial charge is 0.247 e. The minimum atomic E-state index is -0.108. The van der Waals surface area contributed by atoms with Crippen LogP contribution in [0, 0.1) is 0 Å². The van der Waals surface area contributed by atoms with Crippen molar-refractivity contribution in [1.82, 2.24) is 15.0 Å². The highest BCUT2D eigenvalue weighted by atomic mass is 16.5. The molecule has 144 valence electrons. The fraction of sp³-hybridized carbons (Fsp3) is 0.227. The third-order valence-corrected chi connectivity index (χ3v) is 4.25. The average Bonchev–Trinajstić information content (AvgIpc) is 3.19. The lowest BCUT2D eigenvalue weighted by Crippen LogP contribution is -2.35. The molecule has 0 saturated carbocycles. The molecule has 3 rings (SSSR count). The second-order valence-corrected chi connectivity index (χ2v) is 6.54. The van der Waals surface area contributed by atoms with E-state index in [4.69, 9.17) is 9.26 Å². The number of benzene rings is 2. The Bertz CT molecular complexity index is 931. The maximum atomic E-state index is 12.6. The molecule has 6 nitrogen and oxygen atoms in total. The summed E-state index contributed by atoms with van der Waals surface area (Å²) in [6, 6.07) is 17.1. The average molecular weight is 377 g/mol. The predicted molar refractivity (Wildman–Crippen MR) is 107 cm³/mol. The van der Waals surface area contributed by atoms with Gasteiger partial charge in [-0.05, 0) is 49.8 Å². The number of hydrogen-bond acceptors (Lipinski definition) is 5. The SMILES string of the molecule is COc1ccc(-c2noc(CN(C(=O)C=Cc3ccccc3)C(C)C)n2)cc1. The standard InChI is InChI=1S/C22H23N3O3/c1-16(2)25(21(26)14-9-17-7-5-4-6-8-17)15-20-23-22(24-28-20)18-10-12-19(27-3)13-11-18/h4-14,16H,15H2,1-3H3. The zero-order valence-corrected chi connectivity index (χ0v) is 16.2. The van der Waals surface area contributed by atoms with Crippen molar-refractivity contribution in [3.05, 3.63) is 72.1 Å². The van der Waals surface area contributed by atoms with E-state index in [0.29, 0.717) is 11.7 Å². The van der Waals surface area contributed by atoms with Gasteiger partial charge in [-0.25, -0.2) is 0 Å². The molecule has 0 spiro atoms. The molecule has 2 aromatic carbocycles. The van der Waals surface area contributed by atoms with E-state index in [0.717, 1.165) is 16.9 Å². The van der Waals surface area contributed by atoms with Gasteiger partial charge in [-0.1, -0.05) is 35.5 Å². The summed E-state index contributed by atoms with van der Waals surface area (Å²) in [4.78, 5) is 18.8. The number of aromatic nitrogens is 2. The molecular weight excluding hydrogens is 354 g/mol. The third-order valence-electron chi connectivity index (χ3n) is 4.25. The molecule has 0 aliphatic carbocycles. The number of nitrogens with zero attached hydrogens (tertiary/aromatic N) is 3. The van der Waals surface area contributed by atoms with E-state index in [9.17, 15) is 4.79 Å². The van der Waals surface area contributed by atoms with E-state index in [-0.39, 0.29) is 18.5 Å². The second kappa shape index (κ2) is 8.99. The number of carbonyl (C=O) groups is 1. The first-order valence-corrected chi connectivity index (χ1v) is 9.07. The quantitative estimate of drug-likeness (QED) is 0.577. The molecule has 0 saturated heterocycles. The molecule has 1 amide bonds. The van der Waals surface area contributed by atoms with Crippen LogP contribution in [0.1, 0.15) is 25.3 Å². The monoisotopic (exact) mass is 377 g/mol. The van der Waals surface area contributed by atoms with E-state index in [1.54, 1.807) is 24.2 Å². The van der Waals surface area contributed by atoms with Gasteiger partial charge in [0.05, 0.1) is 7.11 Å². The number of carbonyl (C=O) groups excluding carboxylic acids is 1. The van der Waals surface area contributed by atoms with Gasteiger partial charge in [0, 0.05) is 17.7 Å². The van der Waals surface area contributed by atoms with E-state index >= 15 is 0 Å². The first-order valence-electron chi connectivity index (χ1n) is 9.07. The topological polar surface area (TPSA) is 68.5 Å².